The smallest absolute Gasteiger partial charge is 0.372 e. The van der Waals surface area contributed by atoms with Crippen LogP contribution < -0.4 is 0 Å². The molecule has 144 valence electrons. The zero-order valence-electron chi connectivity index (χ0n) is 14.9. The van der Waals surface area contributed by atoms with E-state index in [1.165, 1.54) is 51.4 Å². The first kappa shape index (κ1) is 23.3. The lowest BCUT2D eigenvalue weighted by Gasteiger charge is -2.14. The Morgan fingerprint density at radius 1 is 0.708 bits per heavy atom. The lowest BCUT2D eigenvalue weighted by molar-refractivity contribution is -0.246. The van der Waals surface area contributed by atoms with Gasteiger partial charge >= 0.3 is 5.97 Å². The van der Waals surface area contributed by atoms with Gasteiger partial charge in [0.05, 0.1) is 6.10 Å². The molecule has 0 heterocycles. The van der Waals surface area contributed by atoms with E-state index in [1.54, 1.807) is 0 Å². The predicted molar refractivity (Wildman–Crippen MR) is 92.5 cm³/mol. The van der Waals surface area contributed by atoms with E-state index in [9.17, 15) is 15.0 Å². The van der Waals surface area contributed by atoms with Gasteiger partial charge in [-0.25, -0.2) is 4.79 Å². The Hall–Kier alpha value is -0.690. The molecule has 2 atom stereocenters. The Balaban J connectivity index is 3.24. The molecular weight excluding hydrogens is 312 g/mol. The van der Waals surface area contributed by atoms with Crippen LogP contribution in [0.25, 0.3) is 0 Å². The molecule has 0 amide bonds. The zero-order chi connectivity index (χ0) is 18.0. The highest BCUT2D eigenvalue weighted by atomic mass is 17.1. The van der Waals surface area contributed by atoms with Gasteiger partial charge < -0.3 is 15.3 Å². The molecule has 0 aromatic rings. The van der Waals surface area contributed by atoms with Crippen molar-refractivity contribution in [2.45, 2.75) is 102 Å². The van der Waals surface area contributed by atoms with Crippen LogP contribution in [0, 0.1) is 0 Å². The van der Waals surface area contributed by atoms with Crippen LogP contribution in [0.5, 0.6) is 0 Å². The van der Waals surface area contributed by atoms with E-state index in [0.29, 0.717) is 13.0 Å². The van der Waals surface area contributed by atoms with Crippen molar-refractivity contribution in [2.75, 3.05) is 6.61 Å². The molecule has 0 bridgehead atoms. The lowest BCUT2D eigenvalue weighted by atomic mass is 10.0. The molecule has 6 heteroatoms. The van der Waals surface area contributed by atoms with Crippen LogP contribution in [0.1, 0.15) is 89.9 Å². The molecule has 0 spiro atoms. The Bertz CT molecular complexity index is 285. The van der Waals surface area contributed by atoms with Crippen molar-refractivity contribution >= 4 is 5.97 Å². The minimum atomic E-state index is -1.67. The Kier molecular flexibility index (Phi) is 16.7. The maximum absolute atomic E-state index is 10.8. The molecule has 0 fully saturated rings. The maximum atomic E-state index is 10.8. The molecule has 0 aromatic carbocycles. The third kappa shape index (κ3) is 13.7. The van der Waals surface area contributed by atoms with Gasteiger partial charge in [0.15, 0.2) is 6.10 Å². The summed E-state index contributed by atoms with van der Waals surface area (Å²) in [5.74, 6) is -1.21. The van der Waals surface area contributed by atoms with Crippen LogP contribution in [0.4, 0.5) is 0 Å². The second-order valence-corrected chi connectivity index (χ2v) is 6.53. The van der Waals surface area contributed by atoms with Crippen molar-refractivity contribution in [1.82, 2.24) is 0 Å². The van der Waals surface area contributed by atoms with Crippen LogP contribution >= 0.6 is 0 Å². The van der Waals surface area contributed by atoms with Crippen molar-refractivity contribution in [3.8, 4) is 0 Å². The first-order valence-electron chi connectivity index (χ1n) is 9.45. The highest BCUT2D eigenvalue weighted by molar-refractivity contribution is 5.74. The standard InChI is InChI=1S/C18H36O6/c19-15-13-11-9-7-5-3-1-2-4-6-8-10-12-14-16(20)17(21)18(22)24-23/h16-17,19-21,23H,1-15H2. The normalized spacial score (nSPS) is 13.7. The highest BCUT2D eigenvalue weighted by Gasteiger charge is 2.25. The maximum Gasteiger partial charge on any atom is 0.372 e. The average molecular weight is 348 g/mol. The quantitative estimate of drug-likeness (QED) is 0.183. The molecule has 6 nitrogen and oxygen atoms in total. The second kappa shape index (κ2) is 17.1. The number of hydrogen-bond acceptors (Lipinski definition) is 6. The van der Waals surface area contributed by atoms with E-state index in [4.69, 9.17) is 10.4 Å². The van der Waals surface area contributed by atoms with Crippen molar-refractivity contribution in [3.05, 3.63) is 0 Å². The molecule has 24 heavy (non-hydrogen) atoms. The third-order valence-corrected chi connectivity index (χ3v) is 4.35. The van der Waals surface area contributed by atoms with Gasteiger partial charge in [0, 0.05) is 6.61 Å². The van der Waals surface area contributed by atoms with Gasteiger partial charge in [-0.3, -0.25) is 4.89 Å². The molecule has 0 radical (unpaired) electrons. The monoisotopic (exact) mass is 348 g/mol. The first-order chi connectivity index (χ1) is 11.6. The lowest BCUT2D eigenvalue weighted by Crippen LogP contribution is -2.34. The molecule has 0 aromatic heterocycles. The SMILES string of the molecule is O=C(OO)C(O)C(O)CCCCCCCCCCCCCCCO. The average Bonchev–Trinajstić information content (AvgIpc) is 2.60. The third-order valence-electron chi connectivity index (χ3n) is 4.35. The summed E-state index contributed by atoms with van der Waals surface area (Å²) >= 11 is 0. The summed E-state index contributed by atoms with van der Waals surface area (Å²) in [6.45, 7) is 0.314. The van der Waals surface area contributed by atoms with Crippen molar-refractivity contribution in [3.63, 3.8) is 0 Å². The summed E-state index contributed by atoms with van der Waals surface area (Å²) < 4.78 is 0. The molecule has 0 aliphatic carbocycles. The molecular formula is C18H36O6. The Morgan fingerprint density at radius 3 is 1.46 bits per heavy atom. The van der Waals surface area contributed by atoms with Gasteiger partial charge in [0.25, 0.3) is 0 Å². The summed E-state index contributed by atoms with van der Waals surface area (Å²) in [6, 6.07) is 0. The van der Waals surface area contributed by atoms with E-state index in [2.05, 4.69) is 4.89 Å². The van der Waals surface area contributed by atoms with Crippen LogP contribution in [0.2, 0.25) is 0 Å². The van der Waals surface area contributed by atoms with E-state index in [-0.39, 0.29) is 0 Å². The van der Waals surface area contributed by atoms with Crippen molar-refractivity contribution in [2.24, 2.45) is 0 Å². The number of hydrogen-bond donors (Lipinski definition) is 4. The van der Waals surface area contributed by atoms with E-state index in [1.807, 2.05) is 0 Å². The summed E-state index contributed by atoms with van der Waals surface area (Å²) in [5.41, 5.74) is 0. The summed E-state index contributed by atoms with van der Waals surface area (Å²) in [5, 5.41) is 35.6. The Morgan fingerprint density at radius 2 is 1.08 bits per heavy atom. The number of aliphatic hydroxyl groups is 3. The second-order valence-electron chi connectivity index (χ2n) is 6.53. The minimum Gasteiger partial charge on any atom is -0.396 e. The molecule has 0 aliphatic heterocycles. The highest BCUT2D eigenvalue weighted by Crippen LogP contribution is 2.14. The molecule has 4 N–H and O–H groups in total. The molecule has 0 saturated heterocycles. The summed E-state index contributed by atoms with van der Waals surface area (Å²) in [7, 11) is 0. The van der Waals surface area contributed by atoms with Crippen LogP contribution in [-0.2, 0) is 9.68 Å². The topological polar surface area (TPSA) is 107 Å². The summed E-state index contributed by atoms with van der Waals surface area (Å²) in [4.78, 5) is 14.2. The first-order valence-corrected chi connectivity index (χ1v) is 9.45. The largest absolute Gasteiger partial charge is 0.396 e. The van der Waals surface area contributed by atoms with E-state index < -0.39 is 18.2 Å². The molecule has 0 rings (SSSR count). The Labute approximate surface area is 145 Å². The van der Waals surface area contributed by atoms with Crippen LogP contribution in [0.3, 0.4) is 0 Å². The van der Waals surface area contributed by atoms with Gasteiger partial charge in [-0.05, 0) is 12.8 Å². The van der Waals surface area contributed by atoms with Crippen molar-refractivity contribution in [1.29, 1.82) is 0 Å². The molecule has 0 aliphatic rings. The number of rotatable bonds is 17. The number of unbranched alkanes of at least 4 members (excludes halogenated alkanes) is 12. The van der Waals surface area contributed by atoms with Crippen LogP contribution in [-0.4, -0.2) is 45.4 Å². The fourth-order valence-electron chi connectivity index (χ4n) is 2.78. The van der Waals surface area contributed by atoms with Gasteiger partial charge in [0.2, 0.25) is 0 Å². The van der Waals surface area contributed by atoms with Crippen LogP contribution in [0.15, 0.2) is 0 Å². The number of aliphatic hydroxyl groups excluding tert-OH is 3. The fourth-order valence-corrected chi connectivity index (χ4v) is 2.78. The minimum absolute atomic E-state index is 0.314. The summed E-state index contributed by atoms with van der Waals surface area (Å²) in [6.07, 6.45) is 12.4. The van der Waals surface area contributed by atoms with E-state index in [0.717, 1.165) is 32.1 Å². The van der Waals surface area contributed by atoms with Gasteiger partial charge in [-0.2, -0.15) is 5.26 Å². The van der Waals surface area contributed by atoms with Gasteiger partial charge in [0.1, 0.15) is 0 Å². The number of carbonyl (C=O) groups is 1. The van der Waals surface area contributed by atoms with E-state index >= 15 is 0 Å². The number of carbonyl (C=O) groups excluding carboxylic acids is 1. The van der Waals surface area contributed by atoms with Gasteiger partial charge in [-0.1, -0.05) is 77.0 Å². The predicted octanol–water partition coefficient (Wildman–Crippen LogP) is 3.18. The molecule has 2 unspecified atom stereocenters. The zero-order valence-corrected chi connectivity index (χ0v) is 14.9. The van der Waals surface area contributed by atoms with Crippen molar-refractivity contribution < 1.29 is 30.3 Å². The fraction of sp³-hybridized carbons (Fsp3) is 0.944. The molecule has 0 saturated carbocycles. The van der Waals surface area contributed by atoms with Gasteiger partial charge in [-0.15, -0.1) is 0 Å².